The van der Waals surface area contributed by atoms with Gasteiger partial charge in [-0.1, -0.05) is 15.9 Å². The molecule has 0 aliphatic rings. The molecule has 1 aromatic carbocycles. The summed E-state index contributed by atoms with van der Waals surface area (Å²) in [7, 11) is 0. The van der Waals surface area contributed by atoms with Gasteiger partial charge in [0, 0.05) is 28.7 Å². The van der Waals surface area contributed by atoms with Gasteiger partial charge >= 0.3 is 0 Å². The number of rotatable bonds is 4. The number of anilines is 1. The normalized spacial score (nSPS) is 9.50. The lowest BCUT2D eigenvalue weighted by Gasteiger charge is -2.05. The van der Waals surface area contributed by atoms with Gasteiger partial charge in [-0.25, -0.2) is 0 Å². The van der Waals surface area contributed by atoms with E-state index in [-0.39, 0.29) is 5.91 Å². The molecule has 16 heavy (non-hydrogen) atoms. The van der Waals surface area contributed by atoms with E-state index in [1.165, 1.54) is 0 Å². The van der Waals surface area contributed by atoms with Crippen LogP contribution >= 0.6 is 15.9 Å². The van der Waals surface area contributed by atoms with E-state index in [1.807, 2.05) is 6.07 Å². The van der Waals surface area contributed by atoms with Crippen molar-refractivity contribution < 1.29 is 4.79 Å². The predicted octanol–water partition coefficient (Wildman–Crippen LogP) is 2.06. The molecule has 0 aliphatic carbocycles. The van der Waals surface area contributed by atoms with Crippen molar-refractivity contribution in [1.29, 1.82) is 5.26 Å². The number of unbranched alkanes of at least 4 members (excludes halogenated alkanes) is 1. The van der Waals surface area contributed by atoms with Gasteiger partial charge in [0.05, 0.1) is 6.07 Å². The van der Waals surface area contributed by atoms with E-state index in [9.17, 15) is 4.79 Å². The standard InChI is InChI=1S/C11H12BrN3O/c12-9-5-8(6-10(14)7-9)11(16)15-4-2-1-3-13/h5-7H,1-2,4,14H2,(H,15,16). The van der Waals surface area contributed by atoms with Gasteiger partial charge in [-0.15, -0.1) is 0 Å². The molecule has 0 heterocycles. The summed E-state index contributed by atoms with van der Waals surface area (Å²) in [5, 5.41) is 11.1. The summed E-state index contributed by atoms with van der Waals surface area (Å²) in [4.78, 5) is 11.6. The molecule has 1 amide bonds. The number of hydrogen-bond donors (Lipinski definition) is 2. The van der Waals surface area contributed by atoms with Gasteiger partial charge in [-0.3, -0.25) is 4.79 Å². The van der Waals surface area contributed by atoms with E-state index < -0.39 is 0 Å². The molecule has 5 heteroatoms. The number of amides is 1. The highest BCUT2D eigenvalue weighted by atomic mass is 79.9. The van der Waals surface area contributed by atoms with E-state index in [4.69, 9.17) is 11.0 Å². The first-order valence-corrected chi connectivity index (χ1v) is 5.64. The maximum Gasteiger partial charge on any atom is 0.251 e. The van der Waals surface area contributed by atoms with Gasteiger partial charge in [0.25, 0.3) is 5.91 Å². The SMILES string of the molecule is N#CCCCNC(=O)c1cc(N)cc(Br)c1. The average molecular weight is 282 g/mol. The van der Waals surface area contributed by atoms with E-state index in [0.717, 1.165) is 4.47 Å². The third kappa shape index (κ3) is 3.91. The number of benzene rings is 1. The van der Waals surface area contributed by atoms with Crippen LogP contribution in [0, 0.1) is 11.3 Å². The number of nitrogen functional groups attached to an aromatic ring is 1. The number of nitriles is 1. The van der Waals surface area contributed by atoms with Crippen molar-refractivity contribution in [2.45, 2.75) is 12.8 Å². The summed E-state index contributed by atoms with van der Waals surface area (Å²) in [5.41, 5.74) is 6.68. The van der Waals surface area contributed by atoms with Gasteiger partial charge in [-0.05, 0) is 24.6 Å². The molecule has 0 atom stereocenters. The molecule has 1 aromatic rings. The second-order valence-corrected chi connectivity index (χ2v) is 4.21. The van der Waals surface area contributed by atoms with Gasteiger partial charge < -0.3 is 11.1 Å². The molecule has 0 unspecified atom stereocenters. The van der Waals surface area contributed by atoms with E-state index >= 15 is 0 Å². The van der Waals surface area contributed by atoms with Crippen molar-refractivity contribution in [3.05, 3.63) is 28.2 Å². The Morgan fingerprint density at radius 2 is 2.25 bits per heavy atom. The average Bonchev–Trinajstić information content (AvgIpc) is 2.22. The molecule has 84 valence electrons. The Bertz CT molecular complexity index is 405. The lowest BCUT2D eigenvalue weighted by atomic mass is 10.2. The summed E-state index contributed by atoms with van der Waals surface area (Å²) in [5.74, 6) is -0.175. The van der Waals surface area contributed by atoms with Crippen molar-refractivity contribution in [3.8, 4) is 6.07 Å². The van der Waals surface area contributed by atoms with Crippen LogP contribution in [0.4, 0.5) is 5.69 Å². The Balaban J connectivity index is 2.56. The van der Waals surface area contributed by atoms with E-state index in [1.54, 1.807) is 18.2 Å². The van der Waals surface area contributed by atoms with Gasteiger partial charge in [0.1, 0.15) is 0 Å². The number of nitrogens with two attached hydrogens (primary N) is 1. The molecule has 0 aliphatic heterocycles. The Morgan fingerprint density at radius 3 is 2.88 bits per heavy atom. The van der Waals surface area contributed by atoms with Crippen LogP contribution in [0.1, 0.15) is 23.2 Å². The first kappa shape index (κ1) is 12.5. The van der Waals surface area contributed by atoms with Crippen LogP contribution in [0.2, 0.25) is 0 Å². The maximum atomic E-state index is 11.6. The van der Waals surface area contributed by atoms with Crippen molar-refractivity contribution in [3.63, 3.8) is 0 Å². The Morgan fingerprint density at radius 1 is 1.50 bits per heavy atom. The molecule has 0 bridgehead atoms. The van der Waals surface area contributed by atoms with Crippen LogP contribution < -0.4 is 11.1 Å². The fourth-order valence-corrected chi connectivity index (χ4v) is 1.73. The van der Waals surface area contributed by atoms with E-state index in [0.29, 0.717) is 30.6 Å². The molecular weight excluding hydrogens is 270 g/mol. The molecule has 0 radical (unpaired) electrons. The van der Waals surface area contributed by atoms with Crippen molar-refractivity contribution >= 4 is 27.5 Å². The second kappa shape index (κ2) is 6.13. The summed E-state index contributed by atoms with van der Waals surface area (Å²) < 4.78 is 0.773. The molecule has 0 spiro atoms. The fraction of sp³-hybridized carbons (Fsp3) is 0.273. The first-order valence-electron chi connectivity index (χ1n) is 4.84. The molecule has 1 rings (SSSR count). The Labute approximate surface area is 103 Å². The summed E-state index contributed by atoms with van der Waals surface area (Å²) in [6, 6.07) is 7.07. The largest absolute Gasteiger partial charge is 0.399 e. The number of halogens is 1. The highest BCUT2D eigenvalue weighted by Crippen LogP contribution is 2.17. The lowest BCUT2D eigenvalue weighted by molar-refractivity contribution is 0.0953. The summed E-state index contributed by atoms with van der Waals surface area (Å²) in [6.07, 6.45) is 1.10. The summed E-state index contributed by atoms with van der Waals surface area (Å²) in [6.45, 7) is 0.499. The minimum absolute atomic E-state index is 0.175. The second-order valence-electron chi connectivity index (χ2n) is 3.29. The number of hydrogen-bond acceptors (Lipinski definition) is 3. The third-order valence-corrected chi connectivity index (χ3v) is 2.39. The van der Waals surface area contributed by atoms with Gasteiger partial charge in [-0.2, -0.15) is 5.26 Å². The minimum atomic E-state index is -0.175. The van der Waals surface area contributed by atoms with Crippen LogP contribution in [0.15, 0.2) is 22.7 Å². The molecule has 0 saturated heterocycles. The quantitative estimate of drug-likeness (QED) is 0.655. The Kier molecular flexibility index (Phi) is 4.80. The third-order valence-electron chi connectivity index (χ3n) is 1.93. The molecular formula is C11H12BrN3O. The highest BCUT2D eigenvalue weighted by molar-refractivity contribution is 9.10. The highest BCUT2D eigenvalue weighted by Gasteiger charge is 2.06. The van der Waals surface area contributed by atoms with Gasteiger partial charge in [0.15, 0.2) is 0 Å². The van der Waals surface area contributed by atoms with Gasteiger partial charge in [0.2, 0.25) is 0 Å². The first-order chi connectivity index (χ1) is 7.63. The topological polar surface area (TPSA) is 78.9 Å². The maximum absolute atomic E-state index is 11.6. The van der Waals surface area contributed by atoms with Crippen LogP contribution in [-0.4, -0.2) is 12.5 Å². The van der Waals surface area contributed by atoms with Crippen molar-refractivity contribution in [2.24, 2.45) is 0 Å². The smallest absolute Gasteiger partial charge is 0.251 e. The molecule has 0 saturated carbocycles. The number of nitrogens with one attached hydrogen (secondary N) is 1. The molecule has 4 nitrogen and oxygen atoms in total. The number of carbonyl (C=O) groups is 1. The minimum Gasteiger partial charge on any atom is -0.399 e. The van der Waals surface area contributed by atoms with Crippen LogP contribution in [-0.2, 0) is 0 Å². The zero-order chi connectivity index (χ0) is 12.0. The zero-order valence-corrected chi connectivity index (χ0v) is 10.3. The van der Waals surface area contributed by atoms with Crippen molar-refractivity contribution in [1.82, 2.24) is 5.32 Å². The molecule has 0 fully saturated rings. The monoisotopic (exact) mass is 281 g/mol. The van der Waals surface area contributed by atoms with Crippen LogP contribution in [0.5, 0.6) is 0 Å². The van der Waals surface area contributed by atoms with Crippen LogP contribution in [0.25, 0.3) is 0 Å². The van der Waals surface area contributed by atoms with Crippen LogP contribution in [0.3, 0.4) is 0 Å². The number of carbonyl (C=O) groups excluding carboxylic acids is 1. The predicted molar refractivity (Wildman–Crippen MR) is 65.7 cm³/mol. The number of nitrogens with zero attached hydrogens (tertiary/aromatic N) is 1. The fourth-order valence-electron chi connectivity index (χ4n) is 1.21. The molecule has 0 aromatic heterocycles. The Hall–Kier alpha value is -1.54. The molecule has 3 N–H and O–H groups in total. The lowest BCUT2D eigenvalue weighted by Crippen LogP contribution is -2.24. The van der Waals surface area contributed by atoms with Crippen molar-refractivity contribution in [2.75, 3.05) is 12.3 Å². The summed E-state index contributed by atoms with van der Waals surface area (Å²) >= 11 is 3.27. The zero-order valence-electron chi connectivity index (χ0n) is 8.66. The van der Waals surface area contributed by atoms with E-state index in [2.05, 4.69) is 21.2 Å².